The van der Waals surface area contributed by atoms with Gasteiger partial charge in [-0.3, -0.25) is 4.79 Å². The van der Waals surface area contributed by atoms with Gasteiger partial charge < -0.3 is 13.8 Å². The number of nitrogens with zero attached hydrogens (tertiary/aromatic N) is 3. The average molecular weight is 422 g/mol. The molecule has 6 nitrogen and oxygen atoms in total. The molecule has 0 aliphatic carbocycles. The van der Waals surface area contributed by atoms with Crippen molar-refractivity contribution in [2.75, 3.05) is 13.1 Å². The fraction of sp³-hybridized carbons (Fsp3) is 0.353. The Morgan fingerprint density at radius 2 is 2.32 bits per heavy atom. The maximum atomic E-state index is 12.5. The molecule has 4 rings (SSSR count). The number of piperidine rings is 1. The van der Waals surface area contributed by atoms with Gasteiger partial charge >= 0.3 is 0 Å². The third-order valence-corrected chi connectivity index (χ3v) is 5.41. The Kier molecular flexibility index (Phi) is 4.72. The van der Waals surface area contributed by atoms with Crippen LogP contribution in [0, 0.1) is 5.92 Å². The van der Waals surface area contributed by atoms with Crippen molar-refractivity contribution in [1.82, 2.24) is 15.0 Å². The fourth-order valence-electron chi connectivity index (χ4n) is 3.09. The molecule has 0 spiro atoms. The molecule has 1 aliphatic heterocycles. The number of amides is 1. The molecular formula is C17H16BrN3O3S. The summed E-state index contributed by atoms with van der Waals surface area (Å²) in [6.45, 7) is 1.42. The van der Waals surface area contributed by atoms with Gasteiger partial charge in [-0.05, 0) is 58.3 Å². The van der Waals surface area contributed by atoms with Gasteiger partial charge in [-0.2, -0.15) is 16.3 Å². The van der Waals surface area contributed by atoms with Crippen LogP contribution in [0.3, 0.4) is 0 Å². The molecule has 8 heteroatoms. The molecule has 1 atom stereocenters. The lowest BCUT2D eigenvalue weighted by atomic mass is 9.94. The Morgan fingerprint density at radius 3 is 3.08 bits per heavy atom. The molecule has 1 amide bonds. The number of carbonyl (C=O) groups is 1. The standard InChI is InChI=1S/C17H16BrN3O3S/c18-14-4-3-13(23-14)17(22)21-6-1-2-11(9-21)8-15-19-16(20-24-15)12-5-7-25-10-12/h3-5,7,10-11H,1-2,6,8-9H2. The largest absolute Gasteiger partial charge is 0.444 e. The average Bonchev–Trinajstić information content (AvgIpc) is 3.35. The number of rotatable bonds is 4. The van der Waals surface area contributed by atoms with Gasteiger partial charge in [0.1, 0.15) is 0 Å². The first kappa shape index (κ1) is 16.5. The van der Waals surface area contributed by atoms with Crippen LogP contribution in [0.5, 0.6) is 0 Å². The van der Waals surface area contributed by atoms with E-state index in [-0.39, 0.29) is 5.91 Å². The van der Waals surface area contributed by atoms with Crippen molar-refractivity contribution >= 4 is 33.2 Å². The highest BCUT2D eigenvalue weighted by molar-refractivity contribution is 9.10. The Hall–Kier alpha value is -1.93. The molecule has 4 heterocycles. The van der Waals surface area contributed by atoms with Crippen LogP contribution in [0.4, 0.5) is 0 Å². The molecule has 1 saturated heterocycles. The summed E-state index contributed by atoms with van der Waals surface area (Å²) in [5, 5.41) is 8.03. The highest BCUT2D eigenvalue weighted by Crippen LogP contribution is 2.25. The van der Waals surface area contributed by atoms with Crippen molar-refractivity contribution in [3.05, 3.63) is 45.3 Å². The van der Waals surface area contributed by atoms with Crippen LogP contribution in [-0.4, -0.2) is 34.0 Å². The summed E-state index contributed by atoms with van der Waals surface area (Å²) in [5.41, 5.74) is 0.976. The van der Waals surface area contributed by atoms with Crippen molar-refractivity contribution in [3.63, 3.8) is 0 Å². The number of thiophene rings is 1. The fourth-order valence-corrected chi connectivity index (χ4v) is 4.04. The van der Waals surface area contributed by atoms with E-state index in [1.807, 2.05) is 21.7 Å². The maximum absolute atomic E-state index is 12.5. The zero-order valence-electron chi connectivity index (χ0n) is 13.4. The van der Waals surface area contributed by atoms with Crippen molar-refractivity contribution < 1.29 is 13.7 Å². The van der Waals surface area contributed by atoms with Gasteiger partial charge in [-0.1, -0.05) is 5.16 Å². The van der Waals surface area contributed by atoms with E-state index in [0.29, 0.717) is 41.0 Å². The Balaban J connectivity index is 1.41. The van der Waals surface area contributed by atoms with Crippen LogP contribution in [0.15, 0.2) is 42.6 Å². The van der Waals surface area contributed by atoms with Crippen molar-refractivity contribution in [3.8, 4) is 11.4 Å². The highest BCUT2D eigenvalue weighted by atomic mass is 79.9. The van der Waals surface area contributed by atoms with E-state index in [0.717, 1.165) is 24.9 Å². The third-order valence-electron chi connectivity index (χ3n) is 4.30. The molecule has 0 bridgehead atoms. The van der Waals surface area contributed by atoms with E-state index in [1.165, 1.54) is 0 Å². The summed E-state index contributed by atoms with van der Waals surface area (Å²) in [5.74, 6) is 1.86. The van der Waals surface area contributed by atoms with Gasteiger partial charge in [0.25, 0.3) is 5.91 Å². The summed E-state index contributed by atoms with van der Waals surface area (Å²) < 4.78 is 11.3. The van der Waals surface area contributed by atoms with Gasteiger partial charge in [-0.25, -0.2) is 0 Å². The van der Waals surface area contributed by atoms with E-state index in [4.69, 9.17) is 8.94 Å². The Labute approximate surface area is 157 Å². The zero-order chi connectivity index (χ0) is 17.2. The number of carbonyl (C=O) groups excluding carboxylic acids is 1. The molecule has 0 saturated carbocycles. The SMILES string of the molecule is O=C(c1ccc(Br)o1)N1CCCC(Cc2nc(-c3ccsc3)no2)C1. The van der Waals surface area contributed by atoms with Gasteiger partial charge in [0.05, 0.1) is 0 Å². The lowest BCUT2D eigenvalue weighted by Crippen LogP contribution is -2.40. The minimum absolute atomic E-state index is 0.0695. The van der Waals surface area contributed by atoms with Crippen LogP contribution in [-0.2, 0) is 6.42 Å². The molecule has 0 aromatic carbocycles. The topological polar surface area (TPSA) is 72.4 Å². The van der Waals surface area contributed by atoms with Gasteiger partial charge in [0, 0.05) is 30.5 Å². The molecular weight excluding hydrogens is 406 g/mol. The molecule has 3 aromatic heterocycles. The Bertz CT molecular complexity index is 858. The first-order valence-corrected chi connectivity index (χ1v) is 9.82. The molecule has 3 aromatic rings. The summed E-state index contributed by atoms with van der Waals surface area (Å²) in [4.78, 5) is 18.9. The summed E-state index contributed by atoms with van der Waals surface area (Å²) in [7, 11) is 0. The minimum atomic E-state index is -0.0695. The molecule has 1 fully saturated rings. The molecule has 0 radical (unpaired) electrons. The van der Waals surface area contributed by atoms with E-state index in [9.17, 15) is 4.79 Å². The van der Waals surface area contributed by atoms with Crippen molar-refractivity contribution in [2.45, 2.75) is 19.3 Å². The lowest BCUT2D eigenvalue weighted by Gasteiger charge is -2.31. The number of aromatic nitrogens is 2. The number of furan rings is 1. The zero-order valence-corrected chi connectivity index (χ0v) is 15.8. The van der Waals surface area contributed by atoms with Crippen LogP contribution in [0.25, 0.3) is 11.4 Å². The van der Waals surface area contributed by atoms with E-state index in [2.05, 4.69) is 26.1 Å². The summed E-state index contributed by atoms with van der Waals surface area (Å²) in [6, 6.07) is 5.40. The predicted molar refractivity (Wildman–Crippen MR) is 96.4 cm³/mol. The van der Waals surface area contributed by atoms with Crippen molar-refractivity contribution in [2.24, 2.45) is 5.92 Å². The van der Waals surface area contributed by atoms with Crippen LogP contribution in [0.2, 0.25) is 0 Å². The first-order chi connectivity index (χ1) is 12.2. The third kappa shape index (κ3) is 3.69. The lowest BCUT2D eigenvalue weighted by molar-refractivity contribution is 0.0635. The minimum Gasteiger partial charge on any atom is -0.444 e. The van der Waals surface area contributed by atoms with Crippen LogP contribution >= 0.6 is 27.3 Å². The first-order valence-electron chi connectivity index (χ1n) is 8.09. The number of halogens is 1. The summed E-state index contributed by atoms with van der Waals surface area (Å²) >= 11 is 4.84. The normalized spacial score (nSPS) is 17.8. The molecule has 0 N–H and O–H groups in total. The number of likely N-dealkylation sites (tertiary alicyclic amines) is 1. The van der Waals surface area contributed by atoms with Crippen LogP contribution in [0.1, 0.15) is 29.3 Å². The van der Waals surface area contributed by atoms with Gasteiger partial charge in [0.2, 0.25) is 11.7 Å². The molecule has 130 valence electrons. The second-order valence-corrected chi connectivity index (χ2v) is 7.65. The van der Waals surface area contributed by atoms with E-state index < -0.39 is 0 Å². The Morgan fingerprint density at radius 1 is 1.40 bits per heavy atom. The van der Waals surface area contributed by atoms with Crippen LogP contribution < -0.4 is 0 Å². The highest BCUT2D eigenvalue weighted by Gasteiger charge is 2.27. The summed E-state index contributed by atoms with van der Waals surface area (Å²) in [6.07, 6.45) is 2.69. The smallest absolute Gasteiger partial charge is 0.289 e. The van der Waals surface area contributed by atoms with Crippen molar-refractivity contribution in [1.29, 1.82) is 0 Å². The van der Waals surface area contributed by atoms with Gasteiger partial charge in [0.15, 0.2) is 10.4 Å². The van der Waals surface area contributed by atoms with Gasteiger partial charge in [-0.15, -0.1) is 0 Å². The second kappa shape index (κ2) is 7.13. The second-order valence-electron chi connectivity index (χ2n) is 6.09. The van der Waals surface area contributed by atoms with E-state index >= 15 is 0 Å². The monoisotopic (exact) mass is 421 g/mol. The number of hydrogen-bond acceptors (Lipinski definition) is 6. The quantitative estimate of drug-likeness (QED) is 0.629. The molecule has 1 aliphatic rings. The van der Waals surface area contributed by atoms with E-state index in [1.54, 1.807) is 23.5 Å². The molecule has 25 heavy (non-hydrogen) atoms. The number of hydrogen-bond donors (Lipinski definition) is 0. The predicted octanol–water partition coefficient (Wildman–Crippen LogP) is 4.25. The molecule has 1 unspecified atom stereocenters. The maximum Gasteiger partial charge on any atom is 0.289 e.